The lowest BCUT2D eigenvalue weighted by atomic mass is 10.1. The molecule has 0 fully saturated rings. The van der Waals surface area contributed by atoms with Crippen molar-refractivity contribution in [3.05, 3.63) is 48.0 Å². The van der Waals surface area contributed by atoms with E-state index in [4.69, 9.17) is 63.6 Å². The second kappa shape index (κ2) is 69.6. The molecule has 4 atom stereocenters. The van der Waals surface area contributed by atoms with Crippen molar-refractivity contribution in [2.75, 3.05) is 145 Å². The molecule has 1 aromatic rings. The fraction of sp³-hybridized carbons (Fsp3) is 0.773. The van der Waals surface area contributed by atoms with Gasteiger partial charge in [0.1, 0.15) is 31.3 Å². The zero-order chi connectivity index (χ0) is 76.0. The lowest BCUT2D eigenvalue weighted by molar-refractivity contribution is -0.142. The highest BCUT2D eigenvalue weighted by atomic mass is 16.6. The van der Waals surface area contributed by atoms with Gasteiger partial charge in [0.15, 0.2) is 0 Å². The number of rotatable bonds is 73. The van der Waals surface area contributed by atoms with Crippen LogP contribution in [0.2, 0.25) is 0 Å². The second-order valence-electron chi connectivity index (χ2n) is 25.5. The number of unbranched alkanes of at least 4 members (excludes halogenated alkanes) is 22. The molecule has 1 aromatic carbocycles. The van der Waals surface area contributed by atoms with Gasteiger partial charge in [-0.3, -0.25) is 43.8 Å². The Morgan fingerprint density at radius 1 is 0.452 bits per heavy atom. The zero-order valence-electron chi connectivity index (χ0n) is 63.5. The fourth-order valence-corrected chi connectivity index (χ4v) is 10.1. The molecule has 0 spiro atoms. The molecule has 0 radical (unpaired) electrons. The van der Waals surface area contributed by atoms with Crippen molar-refractivity contribution >= 4 is 53.4 Å². The number of nitrogens with zero attached hydrogens (tertiary/aromatic N) is 1. The number of ether oxygens (including phenoxy) is 11. The molecule has 0 bridgehead atoms. The van der Waals surface area contributed by atoms with Crippen molar-refractivity contribution < 1.29 is 95.3 Å². The highest BCUT2D eigenvalue weighted by Crippen LogP contribution is 2.15. The molecule has 0 aliphatic rings. The second-order valence-corrected chi connectivity index (χ2v) is 25.5. The largest absolute Gasteiger partial charge is 0.445 e. The maximum absolute atomic E-state index is 13.0. The minimum atomic E-state index is -1.23. The van der Waals surface area contributed by atoms with E-state index in [1.165, 1.54) is 142 Å². The Labute approximate surface area is 619 Å². The van der Waals surface area contributed by atoms with Crippen LogP contribution in [0, 0.1) is 0 Å². The normalized spacial score (nSPS) is 12.5. The number of alkyl carbamates (subject to hydrolysis) is 1. The SMILES string of the molecule is CCCCCCCCCCCCCCOCC(CNC(=O)CC[C@H](NC(=O)CCOCCOCCOCCOCCOCCOCCOCCOCCNC(=O)/C=C/C(=O)N(CC(N)=O)NC(=O)[C@H](C)NC(=O)[C@H](C)NC(=O)OCc1ccccc1)C(N)=O)OCCCCCCCCCCCCCC. The number of carbonyl (C=O) groups is 9. The van der Waals surface area contributed by atoms with Crippen molar-refractivity contribution in [3.8, 4) is 0 Å². The van der Waals surface area contributed by atoms with E-state index in [9.17, 15) is 43.2 Å². The van der Waals surface area contributed by atoms with Crippen molar-refractivity contribution in [2.45, 2.75) is 232 Å². The van der Waals surface area contributed by atoms with Crippen molar-refractivity contribution in [3.63, 3.8) is 0 Å². The maximum atomic E-state index is 13.0. The average Bonchev–Trinajstić information content (AvgIpc) is 0.889. The van der Waals surface area contributed by atoms with Gasteiger partial charge in [0, 0.05) is 51.3 Å². The smallest absolute Gasteiger partial charge is 0.408 e. The van der Waals surface area contributed by atoms with Gasteiger partial charge in [-0.25, -0.2) is 9.80 Å². The molecule has 0 saturated heterocycles. The summed E-state index contributed by atoms with van der Waals surface area (Å²) in [6, 6.07) is 5.56. The van der Waals surface area contributed by atoms with E-state index >= 15 is 0 Å². The third-order valence-electron chi connectivity index (χ3n) is 16.2. The molecule has 104 heavy (non-hydrogen) atoms. The lowest BCUT2D eigenvalue weighted by Crippen LogP contribution is -2.56. The van der Waals surface area contributed by atoms with Crippen LogP contribution in [0.4, 0.5) is 4.79 Å². The van der Waals surface area contributed by atoms with Crippen LogP contribution in [0.3, 0.4) is 0 Å². The number of carbonyl (C=O) groups excluding carboxylic acids is 9. The van der Waals surface area contributed by atoms with E-state index in [-0.39, 0.29) is 84.0 Å². The summed E-state index contributed by atoms with van der Waals surface area (Å²) in [5.41, 5.74) is 13.8. The number of amides is 9. The summed E-state index contributed by atoms with van der Waals surface area (Å²) in [4.78, 5) is 112. The first-order chi connectivity index (χ1) is 50.6. The van der Waals surface area contributed by atoms with Gasteiger partial charge in [-0.05, 0) is 38.7 Å². The molecule has 9 amide bonds. The standard InChI is InChI=1S/C75H133N9O20/c1-5-7-9-11-13-15-17-19-21-23-25-30-40-102-61-65(103-41-31-26-24-22-20-18-16-14-12-10-8-6-2)58-79-69(87)35-34-66(72(77)90)82-70(88)38-42-94-44-46-96-48-50-98-52-54-100-56-57-101-55-53-99-51-49-97-47-45-95-43-39-78-68(86)36-37-71(89)84(59-67(76)85)83-74(92)63(4)80-73(91)62(3)81-75(93)104-60-64-32-28-27-29-33-64/h27-29,32-33,36-37,62-63,65-66H,5-26,30-31,34-35,38-61H2,1-4H3,(H2,76,85)(H2,77,90)(H,78,86)(H,79,87)(H,80,91)(H,81,93)(H,82,88)(H,83,92)/b37-36+/t62-,63-,65?,66-/m0/s1. The third-order valence-corrected chi connectivity index (χ3v) is 16.2. The third kappa shape index (κ3) is 60.8. The molecule has 10 N–H and O–H groups in total. The van der Waals surface area contributed by atoms with Gasteiger partial charge in [-0.1, -0.05) is 185 Å². The van der Waals surface area contributed by atoms with Gasteiger partial charge in [0.2, 0.25) is 35.4 Å². The van der Waals surface area contributed by atoms with Crippen LogP contribution >= 0.6 is 0 Å². The van der Waals surface area contributed by atoms with E-state index in [2.05, 4.69) is 45.9 Å². The van der Waals surface area contributed by atoms with Gasteiger partial charge < -0.3 is 90.2 Å². The number of nitrogens with one attached hydrogen (secondary N) is 6. The summed E-state index contributed by atoms with van der Waals surface area (Å²) < 4.78 is 61.5. The predicted octanol–water partition coefficient (Wildman–Crippen LogP) is 7.02. The van der Waals surface area contributed by atoms with E-state index in [1.54, 1.807) is 24.3 Å². The number of hydrogen-bond acceptors (Lipinski definition) is 20. The van der Waals surface area contributed by atoms with E-state index in [0.29, 0.717) is 97.5 Å². The lowest BCUT2D eigenvalue weighted by Gasteiger charge is -2.24. The van der Waals surface area contributed by atoms with Crippen LogP contribution in [0.1, 0.15) is 207 Å². The average molecular weight is 1480 g/mol. The summed E-state index contributed by atoms with van der Waals surface area (Å²) in [5.74, 6) is -5.61. The van der Waals surface area contributed by atoms with Crippen molar-refractivity contribution in [2.24, 2.45) is 11.5 Å². The van der Waals surface area contributed by atoms with E-state index in [1.807, 2.05) is 6.07 Å². The van der Waals surface area contributed by atoms with Gasteiger partial charge >= 0.3 is 6.09 Å². The first kappa shape index (κ1) is 95.6. The molecule has 0 aromatic heterocycles. The molecule has 0 aliphatic carbocycles. The summed E-state index contributed by atoms with van der Waals surface area (Å²) in [7, 11) is 0. The summed E-state index contributed by atoms with van der Waals surface area (Å²) in [5, 5.41) is 13.4. The van der Waals surface area contributed by atoms with Gasteiger partial charge in [0.25, 0.3) is 11.8 Å². The number of nitrogens with two attached hydrogens (primary N) is 2. The fourth-order valence-electron chi connectivity index (χ4n) is 10.1. The summed E-state index contributed by atoms with van der Waals surface area (Å²) >= 11 is 0. The van der Waals surface area contributed by atoms with Crippen LogP contribution in [-0.4, -0.2) is 228 Å². The van der Waals surface area contributed by atoms with Crippen LogP contribution in [-0.2, 0) is 97.1 Å². The van der Waals surface area contributed by atoms with Gasteiger partial charge in [-0.2, -0.15) is 0 Å². The first-order valence-corrected chi connectivity index (χ1v) is 38.4. The number of benzene rings is 1. The zero-order valence-corrected chi connectivity index (χ0v) is 63.5. The molecule has 598 valence electrons. The molecule has 29 heteroatoms. The predicted molar refractivity (Wildman–Crippen MR) is 395 cm³/mol. The Hall–Kier alpha value is -6.41. The van der Waals surface area contributed by atoms with Crippen molar-refractivity contribution in [1.82, 2.24) is 37.0 Å². The quantitative estimate of drug-likeness (QED) is 0.0184. The Balaban J connectivity index is 2.10. The number of hydrogen-bond donors (Lipinski definition) is 8. The Morgan fingerprint density at radius 3 is 1.37 bits per heavy atom. The van der Waals surface area contributed by atoms with Crippen LogP contribution in [0.25, 0.3) is 0 Å². The highest BCUT2D eigenvalue weighted by molar-refractivity contribution is 5.99. The number of primary amides is 2. The monoisotopic (exact) mass is 1480 g/mol. The molecular formula is C75H133N9O20. The summed E-state index contributed by atoms with van der Waals surface area (Å²) in [6.45, 7) is 13.4. The maximum Gasteiger partial charge on any atom is 0.408 e. The van der Waals surface area contributed by atoms with Crippen LogP contribution in [0.15, 0.2) is 42.5 Å². The Kier molecular flexibility index (Phi) is 64.0. The topological polar surface area (TPSA) is 383 Å². The highest BCUT2D eigenvalue weighted by Gasteiger charge is 2.25. The Morgan fingerprint density at radius 2 is 0.894 bits per heavy atom. The molecule has 0 aliphatic heterocycles. The van der Waals surface area contributed by atoms with Crippen LogP contribution in [0.5, 0.6) is 0 Å². The minimum Gasteiger partial charge on any atom is -0.445 e. The van der Waals surface area contributed by atoms with Crippen LogP contribution < -0.4 is 43.5 Å². The molecule has 0 heterocycles. The number of hydrazine groups is 1. The first-order valence-electron chi connectivity index (χ1n) is 38.4. The van der Waals surface area contributed by atoms with Crippen molar-refractivity contribution in [1.29, 1.82) is 0 Å². The summed E-state index contributed by atoms with van der Waals surface area (Å²) in [6.07, 6.45) is 31.2. The molecule has 29 nitrogen and oxygen atoms in total. The molecular weight excluding hydrogens is 1350 g/mol. The molecule has 0 saturated carbocycles. The van der Waals surface area contributed by atoms with E-state index in [0.717, 1.165) is 43.4 Å². The van der Waals surface area contributed by atoms with Gasteiger partial charge in [0.05, 0.1) is 118 Å². The van der Waals surface area contributed by atoms with Gasteiger partial charge in [-0.15, -0.1) is 0 Å². The minimum absolute atomic E-state index is 0.00132. The molecule has 1 unspecified atom stereocenters. The molecule has 1 rings (SSSR count). The Bertz CT molecular complexity index is 2380. The van der Waals surface area contributed by atoms with E-state index < -0.39 is 72.1 Å².